The Labute approximate surface area is 367 Å². The molecule has 0 aliphatic rings. The molecule has 0 fully saturated rings. The molecule has 0 N–H and O–H groups in total. The standard InChI is InChI=1S/C57H35N5O/c1-3-15-36(16-4-1)39-29-32-53-46(33-39)47-34-41(62-51-25-13-9-21-44(51)45-22-10-14-26-52(45)62)35-48(54(47)63-53)57-59-55(37-17-5-2-6-18-37)58-56(60-57)38-27-30-40(31-28-38)61-49-23-11-7-19-42(49)43-20-8-12-24-50(43)61/h1-35H/i27D,28D,30D,31D. The lowest BCUT2D eigenvalue weighted by Crippen LogP contribution is -2.02. The van der Waals surface area contributed by atoms with E-state index in [4.69, 9.17) is 19.4 Å². The predicted molar refractivity (Wildman–Crippen MR) is 258 cm³/mol. The van der Waals surface area contributed by atoms with Crippen LogP contribution in [0.25, 0.3) is 122 Å². The summed E-state index contributed by atoms with van der Waals surface area (Å²) in [5.74, 6) is 0.566. The molecule has 6 heteroatoms. The maximum atomic E-state index is 9.63. The summed E-state index contributed by atoms with van der Waals surface area (Å²) in [5.41, 5.74) is 9.21. The lowest BCUT2D eigenvalue weighted by molar-refractivity contribution is 0.669. The first-order valence-electron chi connectivity index (χ1n) is 22.9. The van der Waals surface area contributed by atoms with Gasteiger partial charge in [0.2, 0.25) is 0 Å². The Morgan fingerprint density at radius 3 is 1.40 bits per heavy atom. The monoisotopic (exact) mass is 809 g/mol. The molecule has 63 heavy (non-hydrogen) atoms. The van der Waals surface area contributed by atoms with Crippen LogP contribution in [0.3, 0.4) is 0 Å². The van der Waals surface area contributed by atoms with Crippen LogP contribution < -0.4 is 0 Å². The van der Waals surface area contributed by atoms with Crippen LogP contribution in [0.4, 0.5) is 0 Å². The molecule has 9 aromatic carbocycles. The zero-order valence-corrected chi connectivity index (χ0v) is 33.5. The van der Waals surface area contributed by atoms with Gasteiger partial charge in [-0.05, 0) is 83.8 Å². The van der Waals surface area contributed by atoms with Crippen LogP contribution in [0, 0.1) is 0 Å². The highest BCUT2D eigenvalue weighted by atomic mass is 16.3. The molecule has 0 aliphatic carbocycles. The van der Waals surface area contributed by atoms with Gasteiger partial charge in [-0.2, -0.15) is 0 Å². The number of rotatable bonds is 6. The molecular weight excluding hydrogens is 771 g/mol. The second-order valence-electron chi connectivity index (χ2n) is 15.7. The Morgan fingerprint density at radius 2 is 0.825 bits per heavy atom. The van der Waals surface area contributed by atoms with E-state index in [1.807, 2.05) is 126 Å². The summed E-state index contributed by atoms with van der Waals surface area (Å²) in [6, 6.07) is 61.6. The van der Waals surface area contributed by atoms with Gasteiger partial charge in [0.1, 0.15) is 11.2 Å². The number of furan rings is 1. The van der Waals surface area contributed by atoms with Crippen LogP contribution >= 0.6 is 0 Å². The lowest BCUT2D eigenvalue weighted by atomic mass is 10.0. The molecule has 0 spiro atoms. The summed E-state index contributed by atoms with van der Waals surface area (Å²) < 4.78 is 49.3. The number of nitrogens with zero attached hydrogens (tertiary/aromatic N) is 5. The average molecular weight is 810 g/mol. The predicted octanol–water partition coefficient (Wildman–Crippen LogP) is 14.6. The van der Waals surface area contributed by atoms with Crippen LogP contribution in [-0.4, -0.2) is 24.1 Å². The van der Waals surface area contributed by atoms with E-state index in [9.17, 15) is 5.48 Å². The van der Waals surface area contributed by atoms with Gasteiger partial charge in [-0.1, -0.05) is 140 Å². The van der Waals surface area contributed by atoms with Crippen molar-refractivity contribution < 1.29 is 9.90 Å². The largest absolute Gasteiger partial charge is 0.455 e. The third-order valence-corrected chi connectivity index (χ3v) is 12.0. The minimum atomic E-state index is -0.268. The Bertz CT molecular complexity index is 4020. The highest BCUT2D eigenvalue weighted by molar-refractivity contribution is 6.13. The van der Waals surface area contributed by atoms with E-state index in [0.717, 1.165) is 71.2 Å². The Morgan fingerprint density at radius 1 is 0.349 bits per heavy atom. The fourth-order valence-corrected chi connectivity index (χ4v) is 9.19. The SMILES string of the molecule is [2H]c1c([2H])c(-n2c3ccccc3c3ccccc32)c([2H])c([2H])c1-c1nc(-c2ccccc2)nc(-c2cc(-n3c4ccccc4c4ccccc43)cc3c2oc2ccc(-c4ccccc4)cc23)n1. The van der Waals surface area contributed by atoms with E-state index >= 15 is 0 Å². The Kier molecular flexibility index (Phi) is 6.94. The van der Waals surface area contributed by atoms with Gasteiger partial charge in [-0.25, -0.2) is 15.0 Å². The molecule has 4 heterocycles. The zero-order chi connectivity index (χ0) is 44.9. The van der Waals surface area contributed by atoms with Gasteiger partial charge in [-0.15, -0.1) is 0 Å². The molecule has 4 aromatic heterocycles. The van der Waals surface area contributed by atoms with Crippen molar-refractivity contribution in [2.45, 2.75) is 0 Å². The average Bonchev–Trinajstić information content (AvgIpc) is 4.04. The molecule has 294 valence electrons. The Balaban J connectivity index is 1.10. The number of benzene rings is 9. The van der Waals surface area contributed by atoms with Crippen molar-refractivity contribution >= 4 is 65.6 Å². The molecule has 0 saturated heterocycles. The molecule has 0 unspecified atom stereocenters. The number of fused-ring (bicyclic) bond motifs is 9. The summed E-state index contributed by atoms with van der Waals surface area (Å²) in [4.78, 5) is 15.2. The Hall–Kier alpha value is -8.61. The fraction of sp³-hybridized carbons (Fsp3) is 0. The highest BCUT2D eigenvalue weighted by Crippen LogP contribution is 2.42. The topological polar surface area (TPSA) is 61.7 Å². The third-order valence-electron chi connectivity index (χ3n) is 12.0. The second-order valence-corrected chi connectivity index (χ2v) is 15.7. The van der Waals surface area contributed by atoms with Gasteiger partial charge in [0.05, 0.1) is 33.1 Å². The number of para-hydroxylation sites is 4. The first kappa shape index (κ1) is 31.3. The van der Waals surface area contributed by atoms with E-state index < -0.39 is 0 Å². The minimum Gasteiger partial charge on any atom is -0.455 e. The van der Waals surface area contributed by atoms with E-state index in [2.05, 4.69) is 71.3 Å². The molecule has 13 aromatic rings. The fourth-order valence-electron chi connectivity index (χ4n) is 9.19. The van der Waals surface area contributed by atoms with Crippen molar-refractivity contribution in [1.82, 2.24) is 24.1 Å². The van der Waals surface area contributed by atoms with E-state index in [0.29, 0.717) is 28.1 Å². The molecule has 0 aliphatic heterocycles. The number of aromatic nitrogens is 5. The maximum absolute atomic E-state index is 9.63. The quantitative estimate of drug-likeness (QED) is 0.168. The number of hydrogen-bond donors (Lipinski definition) is 0. The van der Waals surface area contributed by atoms with Gasteiger partial charge < -0.3 is 13.6 Å². The number of hydrogen-bond acceptors (Lipinski definition) is 4. The van der Waals surface area contributed by atoms with Crippen molar-refractivity contribution in [3.8, 4) is 56.7 Å². The highest BCUT2D eigenvalue weighted by Gasteiger charge is 2.22. The van der Waals surface area contributed by atoms with Crippen molar-refractivity contribution in [2.75, 3.05) is 0 Å². The first-order chi connectivity index (χ1) is 32.9. The van der Waals surface area contributed by atoms with Crippen LogP contribution in [0.15, 0.2) is 217 Å². The van der Waals surface area contributed by atoms with E-state index in [1.54, 1.807) is 0 Å². The molecule has 0 radical (unpaired) electrons. The summed E-state index contributed by atoms with van der Waals surface area (Å²) >= 11 is 0. The summed E-state index contributed by atoms with van der Waals surface area (Å²) in [6.45, 7) is 0. The van der Waals surface area contributed by atoms with Crippen molar-refractivity contribution in [1.29, 1.82) is 0 Å². The lowest BCUT2D eigenvalue weighted by Gasteiger charge is -2.13. The molecule has 0 atom stereocenters. The molecule has 0 saturated carbocycles. The van der Waals surface area contributed by atoms with Gasteiger partial charge in [-0.3, -0.25) is 0 Å². The van der Waals surface area contributed by atoms with Crippen LogP contribution in [0.5, 0.6) is 0 Å². The van der Waals surface area contributed by atoms with Crippen LogP contribution in [0.1, 0.15) is 5.48 Å². The zero-order valence-electron chi connectivity index (χ0n) is 37.5. The molecule has 6 nitrogen and oxygen atoms in total. The molecule has 0 bridgehead atoms. The van der Waals surface area contributed by atoms with E-state index in [1.165, 1.54) is 0 Å². The van der Waals surface area contributed by atoms with Gasteiger partial charge in [0.25, 0.3) is 0 Å². The summed E-state index contributed by atoms with van der Waals surface area (Å²) in [6.07, 6.45) is 0. The molecule has 0 amide bonds. The molecular formula is C57H35N5O. The second kappa shape index (κ2) is 14.0. The van der Waals surface area contributed by atoms with E-state index in [-0.39, 0.29) is 47.1 Å². The van der Waals surface area contributed by atoms with Crippen molar-refractivity contribution in [3.05, 3.63) is 212 Å². The van der Waals surface area contributed by atoms with Crippen molar-refractivity contribution in [2.24, 2.45) is 0 Å². The van der Waals surface area contributed by atoms with Gasteiger partial charge in [0, 0.05) is 54.8 Å². The summed E-state index contributed by atoms with van der Waals surface area (Å²) in [7, 11) is 0. The molecule has 13 rings (SSSR count). The summed E-state index contributed by atoms with van der Waals surface area (Å²) in [5, 5.41) is 5.90. The maximum Gasteiger partial charge on any atom is 0.167 e. The minimum absolute atomic E-state index is 0.00696. The van der Waals surface area contributed by atoms with Crippen molar-refractivity contribution in [3.63, 3.8) is 0 Å². The third kappa shape index (κ3) is 5.62. The van der Waals surface area contributed by atoms with Crippen LogP contribution in [-0.2, 0) is 0 Å². The van der Waals surface area contributed by atoms with Crippen LogP contribution in [0.2, 0.25) is 0 Å². The smallest absolute Gasteiger partial charge is 0.167 e. The van der Waals surface area contributed by atoms with Gasteiger partial charge >= 0.3 is 0 Å². The van der Waals surface area contributed by atoms with Gasteiger partial charge in [0.15, 0.2) is 17.5 Å². The first-order valence-corrected chi connectivity index (χ1v) is 20.9. The normalized spacial score (nSPS) is 12.7.